The number of carbonyl (C=O) groups excluding carboxylic acids is 1. The van der Waals surface area contributed by atoms with Gasteiger partial charge in [0.05, 0.1) is 12.7 Å². The molecule has 0 bridgehead atoms. The minimum Gasteiger partial charge on any atom is -0.453 e. The Balaban J connectivity index is 1.88. The lowest BCUT2D eigenvalue weighted by Crippen LogP contribution is -2.46. The van der Waals surface area contributed by atoms with Crippen molar-refractivity contribution in [3.63, 3.8) is 0 Å². The zero-order valence-corrected chi connectivity index (χ0v) is 14.6. The van der Waals surface area contributed by atoms with E-state index in [1.54, 1.807) is 6.07 Å². The molecule has 2 atom stereocenters. The summed E-state index contributed by atoms with van der Waals surface area (Å²) in [6.45, 7) is 0.297. The summed E-state index contributed by atoms with van der Waals surface area (Å²) in [6, 6.07) is 6.14. The minimum atomic E-state index is -4.48. The van der Waals surface area contributed by atoms with Crippen LogP contribution in [0.2, 0.25) is 0 Å². The van der Waals surface area contributed by atoms with E-state index in [-0.39, 0.29) is 23.5 Å². The van der Waals surface area contributed by atoms with Gasteiger partial charge in [0.15, 0.2) is 0 Å². The number of rotatable bonds is 3. The quantitative estimate of drug-likeness (QED) is 0.878. The number of H-pyrrole nitrogens is 1. The zero-order chi connectivity index (χ0) is 19.6. The number of amides is 1. The fourth-order valence-electron chi connectivity index (χ4n) is 3.59. The number of piperidine rings is 1. The van der Waals surface area contributed by atoms with E-state index in [4.69, 9.17) is 9.26 Å². The summed E-state index contributed by atoms with van der Waals surface area (Å²) in [5.41, 5.74) is -0.982. The van der Waals surface area contributed by atoms with Crippen molar-refractivity contribution in [1.29, 1.82) is 0 Å². The van der Waals surface area contributed by atoms with Crippen molar-refractivity contribution in [3.8, 4) is 0 Å². The first kappa shape index (κ1) is 19.1. The van der Waals surface area contributed by atoms with Crippen molar-refractivity contribution in [2.45, 2.75) is 37.4 Å². The molecule has 1 N–H and O–H groups in total. The van der Waals surface area contributed by atoms with E-state index < -0.39 is 23.9 Å². The lowest BCUT2D eigenvalue weighted by Gasteiger charge is -2.38. The Bertz CT molecular complexity index is 859. The number of hydrogen-bond donors (Lipinski definition) is 1. The molecule has 2 heterocycles. The van der Waals surface area contributed by atoms with E-state index >= 15 is 0 Å². The Morgan fingerprint density at radius 3 is 2.74 bits per heavy atom. The molecule has 0 saturated carbocycles. The van der Waals surface area contributed by atoms with Crippen molar-refractivity contribution >= 4 is 6.09 Å². The van der Waals surface area contributed by atoms with E-state index in [2.05, 4.69) is 5.16 Å². The van der Waals surface area contributed by atoms with Crippen LogP contribution in [0.3, 0.4) is 0 Å². The van der Waals surface area contributed by atoms with Crippen molar-refractivity contribution in [1.82, 2.24) is 10.1 Å². The maximum absolute atomic E-state index is 13.3. The van der Waals surface area contributed by atoms with Gasteiger partial charge < -0.3 is 14.2 Å². The van der Waals surface area contributed by atoms with E-state index in [0.717, 1.165) is 6.07 Å². The highest BCUT2D eigenvalue weighted by atomic mass is 19.4. The lowest BCUT2D eigenvalue weighted by molar-refractivity contribution is -0.138. The zero-order valence-electron chi connectivity index (χ0n) is 14.6. The van der Waals surface area contributed by atoms with Crippen LogP contribution in [0.15, 0.2) is 39.6 Å². The van der Waals surface area contributed by atoms with E-state index in [9.17, 15) is 22.8 Å². The van der Waals surface area contributed by atoms with Crippen LogP contribution in [-0.4, -0.2) is 35.8 Å². The average molecular weight is 384 g/mol. The molecule has 2 aromatic rings. The second-order valence-electron chi connectivity index (χ2n) is 6.51. The maximum atomic E-state index is 13.3. The summed E-state index contributed by atoms with van der Waals surface area (Å²) in [5.74, 6) is 0.270. The third-order valence-corrected chi connectivity index (χ3v) is 4.85. The van der Waals surface area contributed by atoms with Gasteiger partial charge in [-0.15, -0.1) is 0 Å². The number of benzene rings is 1. The van der Waals surface area contributed by atoms with Gasteiger partial charge in [0, 0.05) is 24.6 Å². The summed E-state index contributed by atoms with van der Waals surface area (Å²) >= 11 is 0. The summed E-state index contributed by atoms with van der Waals surface area (Å²) in [5, 5.41) is 2.22. The van der Waals surface area contributed by atoms with Gasteiger partial charge in [-0.05, 0) is 30.9 Å². The normalized spacial score (nSPS) is 20.5. The molecule has 0 spiro atoms. The Hall–Kier alpha value is -2.71. The van der Waals surface area contributed by atoms with E-state index in [1.807, 2.05) is 0 Å². The van der Waals surface area contributed by atoms with Crippen molar-refractivity contribution in [3.05, 3.63) is 57.6 Å². The molecule has 1 saturated heterocycles. The largest absolute Gasteiger partial charge is 0.453 e. The SMILES string of the molecule is COC(=O)N1CC[C@@H](c2cc(=O)[nH]o2)C[C@@H]1Cc1ccccc1C(F)(F)F. The van der Waals surface area contributed by atoms with Crippen LogP contribution in [0.25, 0.3) is 0 Å². The molecule has 146 valence electrons. The number of halogens is 3. The van der Waals surface area contributed by atoms with Crippen molar-refractivity contribution in [2.75, 3.05) is 13.7 Å². The molecule has 0 aliphatic carbocycles. The summed E-state index contributed by atoms with van der Waals surface area (Å²) in [7, 11) is 1.24. The van der Waals surface area contributed by atoms with Gasteiger partial charge in [-0.1, -0.05) is 18.2 Å². The second kappa shape index (κ2) is 7.50. The Morgan fingerprint density at radius 2 is 2.11 bits per heavy atom. The number of aromatic nitrogens is 1. The molecular formula is C18H19F3N2O4. The van der Waals surface area contributed by atoms with Crippen LogP contribution < -0.4 is 5.56 Å². The van der Waals surface area contributed by atoms with E-state index in [1.165, 1.54) is 30.2 Å². The third-order valence-electron chi connectivity index (χ3n) is 4.85. The number of alkyl halides is 3. The minimum absolute atomic E-state index is 0.0237. The van der Waals surface area contributed by atoms with Gasteiger partial charge in [0.2, 0.25) is 0 Å². The number of likely N-dealkylation sites (tertiary alicyclic amines) is 1. The molecule has 1 aromatic carbocycles. The first-order valence-electron chi connectivity index (χ1n) is 8.47. The average Bonchev–Trinajstić information content (AvgIpc) is 3.07. The third kappa shape index (κ3) is 4.17. The van der Waals surface area contributed by atoms with Crippen LogP contribution in [0, 0.1) is 0 Å². The highest BCUT2D eigenvalue weighted by molar-refractivity contribution is 5.68. The predicted molar refractivity (Wildman–Crippen MR) is 89.4 cm³/mol. The Morgan fingerprint density at radius 1 is 1.37 bits per heavy atom. The van der Waals surface area contributed by atoms with Crippen LogP contribution in [0.1, 0.15) is 35.6 Å². The topological polar surface area (TPSA) is 75.5 Å². The predicted octanol–water partition coefficient (Wildman–Crippen LogP) is 3.54. The van der Waals surface area contributed by atoms with Gasteiger partial charge in [-0.2, -0.15) is 18.3 Å². The first-order chi connectivity index (χ1) is 12.8. The molecule has 6 nitrogen and oxygen atoms in total. The van der Waals surface area contributed by atoms with Crippen LogP contribution in [0.4, 0.5) is 18.0 Å². The fourth-order valence-corrected chi connectivity index (χ4v) is 3.59. The van der Waals surface area contributed by atoms with Crippen molar-refractivity contribution < 1.29 is 27.2 Å². The second-order valence-corrected chi connectivity index (χ2v) is 6.51. The molecule has 1 fully saturated rings. The lowest BCUT2D eigenvalue weighted by atomic mass is 9.85. The van der Waals surface area contributed by atoms with Gasteiger partial charge in [0.1, 0.15) is 5.76 Å². The Labute approximate surface area is 152 Å². The highest BCUT2D eigenvalue weighted by Crippen LogP contribution is 2.36. The number of nitrogens with one attached hydrogen (secondary N) is 1. The molecular weight excluding hydrogens is 365 g/mol. The number of hydrogen-bond acceptors (Lipinski definition) is 4. The number of nitrogens with zero attached hydrogens (tertiary/aromatic N) is 1. The number of carbonyl (C=O) groups is 1. The first-order valence-corrected chi connectivity index (χ1v) is 8.47. The number of methoxy groups -OCH3 is 1. The molecule has 9 heteroatoms. The smallest absolute Gasteiger partial charge is 0.416 e. The van der Waals surface area contributed by atoms with Gasteiger partial charge in [-0.25, -0.2) is 4.79 Å². The van der Waals surface area contributed by atoms with Crippen molar-refractivity contribution in [2.24, 2.45) is 0 Å². The van der Waals surface area contributed by atoms with Gasteiger partial charge >= 0.3 is 12.3 Å². The summed E-state index contributed by atoms with van der Waals surface area (Å²) in [6.07, 6.45) is -4.15. The maximum Gasteiger partial charge on any atom is 0.416 e. The highest BCUT2D eigenvalue weighted by Gasteiger charge is 2.37. The molecule has 1 aromatic heterocycles. The van der Waals surface area contributed by atoms with Crippen LogP contribution in [-0.2, 0) is 17.3 Å². The standard InChI is InChI=1S/C18H19F3N2O4/c1-26-17(25)23-7-6-12(15-10-16(24)22-27-15)9-13(23)8-11-4-2-3-5-14(11)18(19,20)21/h2-5,10,12-13H,6-9H2,1H3,(H,22,24)/t12-,13+/m1/s1. The fraction of sp³-hybridized carbons (Fsp3) is 0.444. The molecule has 1 aliphatic rings. The van der Waals surface area contributed by atoms with Crippen LogP contribution >= 0.6 is 0 Å². The molecule has 1 aliphatic heterocycles. The summed E-state index contributed by atoms with van der Waals surface area (Å²) < 4.78 is 49.9. The number of ether oxygens (including phenoxy) is 1. The Kier molecular flexibility index (Phi) is 5.29. The van der Waals surface area contributed by atoms with E-state index in [0.29, 0.717) is 25.1 Å². The van der Waals surface area contributed by atoms with Gasteiger partial charge in [-0.3, -0.25) is 4.79 Å². The van der Waals surface area contributed by atoms with Gasteiger partial charge in [0.25, 0.3) is 5.56 Å². The summed E-state index contributed by atoms with van der Waals surface area (Å²) in [4.78, 5) is 24.9. The molecule has 1 amide bonds. The monoisotopic (exact) mass is 384 g/mol. The molecule has 27 heavy (non-hydrogen) atoms. The molecule has 3 rings (SSSR count). The number of aromatic amines is 1. The van der Waals surface area contributed by atoms with Crippen LogP contribution in [0.5, 0.6) is 0 Å². The molecule has 0 unspecified atom stereocenters. The molecule has 0 radical (unpaired) electrons.